The number of benzene rings is 1. The lowest BCUT2D eigenvalue weighted by atomic mass is 10.1. The fourth-order valence-corrected chi connectivity index (χ4v) is 2.57. The van der Waals surface area contributed by atoms with E-state index < -0.39 is 0 Å². The number of aromatic nitrogens is 1. The molecule has 0 fully saturated rings. The second kappa shape index (κ2) is 9.13. The van der Waals surface area contributed by atoms with Crippen molar-refractivity contribution in [3.63, 3.8) is 0 Å². The third kappa shape index (κ3) is 5.53. The SMILES string of the molecule is COc1ccc(CC(=O)NCCCn2cc(Cl)ccc2=O)cc1OC. The molecular weight excluding hydrogens is 344 g/mol. The largest absolute Gasteiger partial charge is 0.493 e. The summed E-state index contributed by atoms with van der Waals surface area (Å²) in [4.78, 5) is 23.7. The van der Waals surface area contributed by atoms with Gasteiger partial charge in [-0.25, -0.2) is 0 Å². The molecule has 0 unspecified atom stereocenters. The minimum absolute atomic E-state index is 0.0920. The van der Waals surface area contributed by atoms with Crippen LogP contribution in [0.3, 0.4) is 0 Å². The van der Waals surface area contributed by atoms with Gasteiger partial charge in [0.2, 0.25) is 5.91 Å². The zero-order valence-corrected chi connectivity index (χ0v) is 15.0. The van der Waals surface area contributed by atoms with Gasteiger partial charge in [-0.2, -0.15) is 0 Å². The first-order valence-corrected chi connectivity index (χ1v) is 8.25. The molecule has 0 aliphatic rings. The minimum Gasteiger partial charge on any atom is -0.493 e. The lowest BCUT2D eigenvalue weighted by Crippen LogP contribution is -2.28. The fraction of sp³-hybridized carbons (Fsp3) is 0.333. The van der Waals surface area contributed by atoms with E-state index in [1.54, 1.807) is 38.6 Å². The Kier molecular flexibility index (Phi) is 6.89. The number of rotatable bonds is 8. The van der Waals surface area contributed by atoms with E-state index in [4.69, 9.17) is 21.1 Å². The Labute approximate surface area is 151 Å². The van der Waals surface area contributed by atoms with Crippen LogP contribution < -0.4 is 20.3 Å². The maximum atomic E-state index is 12.0. The summed E-state index contributed by atoms with van der Waals surface area (Å²) in [6.07, 6.45) is 2.48. The van der Waals surface area contributed by atoms with Crippen LogP contribution in [0.1, 0.15) is 12.0 Å². The normalized spacial score (nSPS) is 10.4. The van der Waals surface area contributed by atoms with Gasteiger partial charge >= 0.3 is 0 Å². The number of ether oxygens (including phenoxy) is 2. The Morgan fingerprint density at radius 1 is 1.16 bits per heavy atom. The van der Waals surface area contributed by atoms with Crippen LogP contribution in [0.15, 0.2) is 41.3 Å². The van der Waals surface area contributed by atoms with Crippen molar-refractivity contribution >= 4 is 17.5 Å². The molecule has 0 spiro atoms. The van der Waals surface area contributed by atoms with Crippen molar-refractivity contribution in [2.24, 2.45) is 0 Å². The van der Waals surface area contributed by atoms with E-state index in [1.165, 1.54) is 10.6 Å². The summed E-state index contributed by atoms with van der Waals surface area (Å²) in [6.45, 7) is 0.973. The number of nitrogens with one attached hydrogen (secondary N) is 1. The summed E-state index contributed by atoms with van der Waals surface area (Å²) in [6, 6.07) is 8.37. The average molecular weight is 365 g/mol. The zero-order chi connectivity index (χ0) is 18.2. The number of pyridine rings is 1. The molecule has 6 nitrogen and oxygen atoms in total. The number of carbonyl (C=O) groups is 1. The molecule has 0 radical (unpaired) electrons. The van der Waals surface area contributed by atoms with Crippen LogP contribution in [-0.2, 0) is 17.8 Å². The predicted octanol–water partition coefficient (Wildman–Crippen LogP) is 2.27. The molecule has 1 aromatic heterocycles. The van der Waals surface area contributed by atoms with E-state index in [0.29, 0.717) is 36.0 Å². The van der Waals surface area contributed by atoms with Crippen molar-refractivity contribution in [3.05, 3.63) is 57.5 Å². The monoisotopic (exact) mass is 364 g/mol. The quantitative estimate of drug-likeness (QED) is 0.729. The molecule has 2 aromatic rings. The molecule has 2 rings (SSSR count). The van der Waals surface area contributed by atoms with Gasteiger partial charge in [0.25, 0.3) is 5.56 Å². The smallest absolute Gasteiger partial charge is 0.250 e. The summed E-state index contributed by atoms with van der Waals surface area (Å²) in [7, 11) is 3.12. The van der Waals surface area contributed by atoms with Gasteiger partial charge in [-0.1, -0.05) is 17.7 Å². The first kappa shape index (κ1) is 18.9. The number of aryl methyl sites for hydroxylation is 1. The van der Waals surface area contributed by atoms with Gasteiger partial charge in [0.15, 0.2) is 11.5 Å². The highest BCUT2D eigenvalue weighted by atomic mass is 35.5. The van der Waals surface area contributed by atoms with Gasteiger partial charge in [0, 0.05) is 25.4 Å². The Morgan fingerprint density at radius 2 is 1.92 bits per heavy atom. The standard InChI is InChI=1S/C18H21ClN2O4/c1-24-15-6-4-13(10-16(15)25-2)11-17(22)20-8-3-9-21-12-14(19)5-7-18(21)23/h4-7,10,12H,3,8-9,11H2,1-2H3,(H,20,22). The molecule has 7 heteroatoms. The fourth-order valence-electron chi connectivity index (χ4n) is 2.39. The zero-order valence-electron chi connectivity index (χ0n) is 14.3. The van der Waals surface area contributed by atoms with E-state index in [9.17, 15) is 9.59 Å². The van der Waals surface area contributed by atoms with E-state index in [2.05, 4.69) is 5.32 Å². The summed E-state index contributed by atoms with van der Waals surface area (Å²) in [5.74, 6) is 1.12. The molecule has 1 aromatic carbocycles. The molecule has 1 amide bonds. The van der Waals surface area contributed by atoms with Crippen LogP contribution in [-0.4, -0.2) is 31.2 Å². The molecule has 0 saturated carbocycles. The van der Waals surface area contributed by atoms with Crippen LogP contribution in [0.2, 0.25) is 5.02 Å². The molecule has 0 bridgehead atoms. The minimum atomic E-state index is -0.110. The number of hydrogen-bond donors (Lipinski definition) is 1. The van der Waals surface area contributed by atoms with Crippen molar-refractivity contribution in [1.29, 1.82) is 0 Å². The summed E-state index contributed by atoms with van der Waals surface area (Å²) in [5, 5.41) is 3.35. The third-order valence-electron chi connectivity index (χ3n) is 3.66. The first-order valence-electron chi connectivity index (χ1n) is 7.87. The van der Waals surface area contributed by atoms with Crippen LogP contribution in [0.5, 0.6) is 11.5 Å². The topological polar surface area (TPSA) is 69.6 Å². The number of amides is 1. The maximum absolute atomic E-state index is 12.0. The Balaban J connectivity index is 1.81. The van der Waals surface area contributed by atoms with Gasteiger partial charge in [0.1, 0.15) is 0 Å². The maximum Gasteiger partial charge on any atom is 0.250 e. The number of halogens is 1. The van der Waals surface area contributed by atoms with Gasteiger partial charge in [-0.3, -0.25) is 9.59 Å². The molecule has 25 heavy (non-hydrogen) atoms. The molecule has 1 heterocycles. The van der Waals surface area contributed by atoms with Crippen molar-refractivity contribution in [2.45, 2.75) is 19.4 Å². The number of methoxy groups -OCH3 is 2. The molecular formula is C18H21ClN2O4. The number of hydrogen-bond acceptors (Lipinski definition) is 4. The van der Waals surface area contributed by atoms with E-state index in [-0.39, 0.29) is 17.9 Å². The van der Waals surface area contributed by atoms with Crippen molar-refractivity contribution in [1.82, 2.24) is 9.88 Å². The van der Waals surface area contributed by atoms with Crippen molar-refractivity contribution in [3.8, 4) is 11.5 Å². The average Bonchev–Trinajstić information content (AvgIpc) is 2.61. The second-order valence-corrected chi connectivity index (χ2v) is 5.89. The highest BCUT2D eigenvalue weighted by molar-refractivity contribution is 6.30. The lowest BCUT2D eigenvalue weighted by molar-refractivity contribution is -0.120. The van der Waals surface area contributed by atoms with Crippen LogP contribution in [0, 0.1) is 0 Å². The predicted molar refractivity (Wildman–Crippen MR) is 96.6 cm³/mol. The van der Waals surface area contributed by atoms with E-state index in [0.717, 1.165) is 5.56 Å². The molecule has 0 aliphatic heterocycles. The summed E-state index contributed by atoms with van der Waals surface area (Å²) in [5.41, 5.74) is 0.724. The summed E-state index contributed by atoms with van der Waals surface area (Å²) >= 11 is 5.87. The highest BCUT2D eigenvalue weighted by Gasteiger charge is 2.08. The van der Waals surface area contributed by atoms with Crippen LogP contribution in [0.4, 0.5) is 0 Å². The van der Waals surface area contributed by atoms with E-state index in [1.807, 2.05) is 6.07 Å². The molecule has 0 saturated heterocycles. The Morgan fingerprint density at radius 3 is 2.64 bits per heavy atom. The molecule has 0 aliphatic carbocycles. The lowest BCUT2D eigenvalue weighted by Gasteiger charge is -2.10. The molecule has 0 atom stereocenters. The second-order valence-electron chi connectivity index (χ2n) is 5.45. The number of carbonyl (C=O) groups excluding carboxylic acids is 1. The van der Waals surface area contributed by atoms with Crippen LogP contribution >= 0.6 is 11.6 Å². The third-order valence-corrected chi connectivity index (χ3v) is 3.88. The van der Waals surface area contributed by atoms with Gasteiger partial charge in [-0.15, -0.1) is 0 Å². The van der Waals surface area contributed by atoms with Gasteiger partial charge in [-0.05, 0) is 30.2 Å². The molecule has 1 N–H and O–H groups in total. The van der Waals surface area contributed by atoms with Gasteiger partial charge < -0.3 is 19.4 Å². The van der Waals surface area contributed by atoms with Crippen molar-refractivity contribution < 1.29 is 14.3 Å². The van der Waals surface area contributed by atoms with Gasteiger partial charge in [0.05, 0.1) is 25.7 Å². The Bertz CT molecular complexity index is 789. The first-order chi connectivity index (χ1) is 12.0. The molecule has 134 valence electrons. The Hall–Kier alpha value is -2.47. The van der Waals surface area contributed by atoms with Crippen LogP contribution in [0.25, 0.3) is 0 Å². The number of nitrogens with zero attached hydrogens (tertiary/aromatic N) is 1. The summed E-state index contributed by atoms with van der Waals surface area (Å²) < 4.78 is 11.9. The van der Waals surface area contributed by atoms with E-state index >= 15 is 0 Å². The van der Waals surface area contributed by atoms with Crippen molar-refractivity contribution in [2.75, 3.05) is 20.8 Å². The highest BCUT2D eigenvalue weighted by Crippen LogP contribution is 2.27.